The normalized spacial score (nSPS) is 13.8. The minimum Gasteiger partial charge on any atom is -0.454 e. The number of amides is 1. The Hall–Kier alpha value is -2.49. The Morgan fingerprint density at radius 2 is 1.85 bits per heavy atom. The summed E-state index contributed by atoms with van der Waals surface area (Å²) in [5, 5.41) is 2.97. The van der Waals surface area contributed by atoms with Gasteiger partial charge in [0.1, 0.15) is 0 Å². The first-order chi connectivity index (χ1) is 9.74. The first-order valence-corrected chi connectivity index (χ1v) is 6.49. The molecule has 0 radical (unpaired) electrons. The van der Waals surface area contributed by atoms with Gasteiger partial charge in [-0.25, -0.2) is 0 Å². The van der Waals surface area contributed by atoms with Crippen molar-refractivity contribution in [3.63, 3.8) is 0 Å². The lowest BCUT2D eigenvalue weighted by Gasteiger charge is -2.14. The van der Waals surface area contributed by atoms with Crippen molar-refractivity contribution in [2.75, 3.05) is 6.79 Å². The first kappa shape index (κ1) is 12.5. The number of carbonyl (C=O) groups excluding carboxylic acids is 1. The molecule has 0 fully saturated rings. The van der Waals surface area contributed by atoms with Crippen LogP contribution in [0.3, 0.4) is 0 Å². The number of carbonyl (C=O) groups is 1. The number of ether oxygens (including phenoxy) is 2. The Labute approximate surface area is 117 Å². The van der Waals surface area contributed by atoms with Crippen LogP contribution in [0.1, 0.15) is 28.9 Å². The predicted molar refractivity (Wildman–Crippen MR) is 74.9 cm³/mol. The van der Waals surface area contributed by atoms with Gasteiger partial charge in [-0.1, -0.05) is 24.3 Å². The van der Waals surface area contributed by atoms with E-state index < -0.39 is 0 Å². The molecule has 20 heavy (non-hydrogen) atoms. The van der Waals surface area contributed by atoms with Crippen LogP contribution < -0.4 is 14.8 Å². The van der Waals surface area contributed by atoms with Gasteiger partial charge in [0.25, 0.3) is 5.91 Å². The second-order valence-corrected chi connectivity index (χ2v) is 4.67. The van der Waals surface area contributed by atoms with E-state index in [1.165, 1.54) is 0 Å². The van der Waals surface area contributed by atoms with Crippen molar-refractivity contribution in [2.24, 2.45) is 0 Å². The van der Waals surface area contributed by atoms with E-state index >= 15 is 0 Å². The fourth-order valence-corrected chi connectivity index (χ4v) is 2.14. The molecule has 102 valence electrons. The second-order valence-electron chi connectivity index (χ2n) is 4.67. The molecule has 1 amide bonds. The molecule has 0 spiro atoms. The number of rotatable bonds is 3. The van der Waals surface area contributed by atoms with E-state index in [2.05, 4.69) is 5.32 Å². The maximum Gasteiger partial charge on any atom is 0.251 e. The quantitative estimate of drug-likeness (QED) is 0.932. The number of fused-ring (bicyclic) bond motifs is 1. The average Bonchev–Trinajstić information content (AvgIpc) is 2.95. The molecule has 0 aromatic heterocycles. The molecule has 1 heterocycles. The maximum absolute atomic E-state index is 12.1. The van der Waals surface area contributed by atoms with Crippen LogP contribution >= 0.6 is 0 Å². The fourth-order valence-electron chi connectivity index (χ4n) is 2.14. The minimum absolute atomic E-state index is 0.0873. The van der Waals surface area contributed by atoms with Gasteiger partial charge in [-0.2, -0.15) is 0 Å². The Kier molecular flexibility index (Phi) is 3.29. The summed E-state index contributed by atoms with van der Waals surface area (Å²) >= 11 is 0. The molecule has 0 unspecified atom stereocenters. The van der Waals surface area contributed by atoms with Crippen LogP contribution in [0.25, 0.3) is 0 Å². The Morgan fingerprint density at radius 1 is 1.10 bits per heavy atom. The van der Waals surface area contributed by atoms with Gasteiger partial charge in [0.15, 0.2) is 11.5 Å². The third kappa shape index (κ3) is 2.45. The molecule has 0 saturated carbocycles. The highest BCUT2D eigenvalue weighted by molar-refractivity contribution is 5.94. The molecule has 1 aliphatic heterocycles. The van der Waals surface area contributed by atoms with Crippen LogP contribution in [0.4, 0.5) is 0 Å². The first-order valence-electron chi connectivity index (χ1n) is 6.49. The van der Waals surface area contributed by atoms with Crippen LogP contribution in [0, 0.1) is 0 Å². The van der Waals surface area contributed by atoms with E-state index in [1.807, 2.05) is 43.3 Å². The Balaban J connectivity index is 1.73. The predicted octanol–water partition coefficient (Wildman–Crippen LogP) is 2.91. The van der Waals surface area contributed by atoms with E-state index in [0.29, 0.717) is 5.56 Å². The molecule has 4 nitrogen and oxygen atoms in total. The molecule has 1 aliphatic rings. The molecule has 0 saturated heterocycles. The number of benzene rings is 2. The second kappa shape index (κ2) is 5.25. The van der Waals surface area contributed by atoms with Gasteiger partial charge in [0.05, 0.1) is 6.04 Å². The minimum atomic E-state index is -0.0998. The van der Waals surface area contributed by atoms with Crippen molar-refractivity contribution in [3.05, 3.63) is 59.7 Å². The molecule has 0 aliphatic carbocycles. The summed E-state index contributed by atoms with van der Waals surface area (Å²) in [4.78, 5) is 12.1. The van der Waals surface area contributed by atoms with Gasteiger partial charge >= 0.3 is 0 Å². The molecule has 3 rings (SSSR count). The van der Waals surface area contributed by atoms with Crippen LogP contribution in [-0.4, -0.2) is 12.7 Å². The summed E-state index contributed by atoms with van der Waals surface area (Å²) in [5.74, 6) is 1.38. The van der Waals surface area contributed by atoms with Crippen LogP contribution in [-0.2, 0) is 0 Å². The summed E-state index contributed by atoms with van der Waals surface area (Å²) in [5.41, 5.74) is 1.64. The van der Waals surface area contributed by atoms with Crippen molar-refractivity contribution < 1.29 is 14.3 Å². The topological polar surface area (TPSA) is 47.6 Å². The molecule has 1 atom stereocenters. The monoisotopic (exact) mass is 269 g/mol. The van der Waals surface area contributed by atoms with Crippen molar-refractivity contribution in [3.8, 4) is 11.5 Å². The lowest BCUT2D eigenvalue weighted by atomic mass is 10.1. The third-order valence-electron chi connectivity index (χ3n) is 3.28. The zero-order chi connectivity index (χ0) is 13.9. The van der Waals surface area contributed by atoms with E-state index in [1.54, 1.807) is 12.1 Å². The highest BCUT2D eigenvalue weighted by Gasteiger charge is 2.17. The molecule has 0 bridgehead atoms. The zero-order valence-electron chi connectivity index (χ0n) is 11.1. The standard InChI is InChI=1S/C16H15NO3/c1-11(17-16(18)12-5-3-2-4-6-12)13-7-8-14-15(9-13)20-10-19-14/h2-9,11H,10H2,1H3,(H,17,18)/t11-/m1/s1. The number of hydrogen-bond donors (Lipinski definition) is 1. The number of nitrogens with one attached hydrogen (secondary N) is 1. The summed E-state index contributed by atoms with van der Waals surface area (Å²) in [7, 11) is 0. The highest BCUT2D eigenvalue weighted by Crippen LogP contribution is 2.34. The lowest BCUT2D eigenvalue weighted by molar-refractivity contribution is 0.0940. The van der Waals surface area contributed by atoms with Crippen molar-refractivity contribution in [1.82, 2.24) is 5.32 Å². The Bertz CT molecular complexity index is 625. The van der Waals surface area contributed by atoms with Crippen molar-refractivity contribution >= 4 is 5.91 Å². The molecular weight excluding hydrogens is 254 g/mol. The number of hydrogen-bond acceptors (Lipinski definition) is 3. The van der Waals surface area contributed by atoms with E-state index in [9.17, 15) is 4.79 Å². The largest absolute Gasteiger partial charge is 0.454 e. The van der Waals surface area contributed by atoms with Gasteiger partial charge in [0.2, 0.25) is 6.79 Å². The van der Waals surface area contributed by atoms with E-state index in [0.717, 1.165) is 17.1 Å². The highest BCUT2D eigenvalue weighted by atomic mass is 16.7. The fraction of sp³-hybridized carbons (Fsp3) is 0.188. The van der Waals surface area contributed by atoms with Gasteiger partial charge in [0, 0.05) is 5.56 Å². The maximum atomic E-state index is 12.1. The van der Waals surface area contributed by atoms with Crippen molar-refractivity contribution in [2.45, 2.75) is 13.0 Å². The van der Waals surface area contributed by atoms with Crippen LogP contribution in [0.2, 0.25) is 0 Å². The SMILES string of the molecule is C[C@@H](NC(=O)c1ccccc1)c1ccc2c(c1)OCO2. The van der Waals surface area contributed by atoms with Crippen LogP contribution in [0.5, 0.6) is 11.5 Å². The molecule has 4 heteroatoms. The van der Waals surface area contributed by atoms with E-state index in [-0.39, 0.29) is 18.7 Å². The summed E-state index contributed by atoms with van der Waals surface area (Å²) in [6, 6.07) is 14.8. The van der Waals surface area contributed by atoms with E-state index in [4.69, 9.17) is 9.47 Å². The molecular formula is C16H15NO3. The molecule has 1 N–H and O–H groups in total. The summed E-state index contributed by atoms with van der Waals surface area (Å²) in [6.45, 7) is 2.20. The third-order valence-corrected chi connectivity index (χ3v) is 3.28. The summed E-state index contributed by atoms with van der Waals surface area (Å²) in [6.07, 6.45) is 0. The smallest absolute Gasteiger partial charge is 0.251 e. The van der Waals surface area contributed by atoms with Crippen molar-refractivity contribution in [1.29, 1.82) is 0 Å². The summed E-state index contributed by atoms with van der Waals surface area (Å²) < 4.78 is 10.6. The van der Waals surface area contributed by atoms with Gasteiger partial charge in [-0.15, -0.1) is 0 Å². The average molecular weight is 269 g/mol. The zero-order valence-corrected chi connectivity index (χ0v) is 11.1. The molecule has 2 aromatic carbocycles. The van der Waals surface area contributed by atoms with Gasteiger partial charge in [-0.3, -0.25) is 4.79 Å². The molecule has 2 aromatic rings. The van der Waals surface area contributed by atoms with Gasteiger partial charge in [-0.05, 0) is 36.8 Å². The van der Waals surface area contributed by atoms with Crippen LogP contribution in [0.15, 0.2) is 48.5 Å². The lowest BCUT2D eigenvalue weighted by Crippen LogP contribution is -2.26. The van der Waals surface area contributed by atoms with Gasteiger partial charge < -0.3 is 14.8 Å². The Morgan fingerprint density at radius 3 is 2.65 bits per heavy atom.